The Balaban J connectivity index is 1.95. The van der Waals surface area contributed by atoms with Crippen molar-refractivity contribution < 1.29 is 9.72 Å². The van der Waals surface area contributed by atoms with Gasteiger partial charge in [0.15, 0.2) is 0 Å². The predicted molar refractivity (Wildman–Crippen MR) is 99.2 cm³/mol. The summed E-state index contributed by atoms with van der Waals surface area (Å²) in [7, 11) is 0. The maximum absolute atomic E-state index is 12.5. The first kappa shape index (κ1) is 19.1. The number of rotatable bonds is 7. The Morgan fingerprint density at radius 2 is 2.08 bits per heavy atom. The molecular formula is C19H27N3O3. The van der Waals surface area contributed by atoms with Crippen LogP contribution in [-0.4, -0.2) is 53.4 Å². The number of nitro benzene ring substituents is 1. The second kappa shape index (κ2) is 9.32. The first-order chi connectivity index (χ1) is 12.1. The molecule has 1 aliphatic rings. The molecule has 0 spiro atoms. The molecule has 6 heteroatoms. The summed E-state index contributed by atoms with van der Waals surface area (Å²) >= 11 is 0. The molecule has 0 saturated carbocycles. The molecule has 25 heavy (non-hydrogen) atoms. The van der Waals surface area contributed by atoms with E-state index >= 15 is 0 Å². The van der Waals surface area contributed by atoms with Crippen LogP contribution in [-0.2, 0) is 4.79 Å². The average molecular weight is 345 g/mol. The van der Waals surface area contributed by atoms with Crippen LogP contribution in [0.5, 0.6) is 0 Å². The molecule has 0 aliphatic carbocycles. The van der Waals surface area contributed by atoms with Gasteiger partial charge in [0.1, 0.15) is 0 Å². The number of amides is 1. The lowest BCUT2D eigenvalue weighted by atomic mass is 9.96. The molecule has 0 unspecified atom stereocenters. The minimum atomic E-state index is -0.362. The van der Waals surface area contributed by atoms with Gasteiger partial charge in [-0.1, -0.05) is 24.3 Å². The first-order valence-corrected chi connectivity index (χ1v) is 8.97. The number of benzene rings is 1. The largest absolute Gasteiger partial charge is 0.343 e. The molecule has 0 N–H and O–H groups in total. The van der Waals surface area contributed by atoms with Crippen molar-refractivity contribution in [2.24, 2.45) is 5.92 Å². The molecule has 136 valence electrons. The molecule has 1 heterocycles. The van der Waals surface area contributed by atoms with Gasteiger partial charge in [0.25, 0.3) is 5.69 Å². The summed E-state index contributed by atoms with van der Waals surface area (Å²) in [5.74, 6) is 0.311. The van der Waals surface area contributed by atoms with Gasteiger partial charge in [-0.3, -0.25) is 19.8 Å². The molecule has 0 aromatic heterocycles. The van der Waals surface area contributed by atoms with Crippen molar-refractivity contribution in [3.05, 3.63) is 46.0 Å². The van der Waals surface area contributed by atoms with Gasteiger partial charge in [-0.2, -0.15) is 0 Å². The highest BCUT2D eigenvalue weighted by molar-refractivity contribution is 5.79. The van der Waals surface area contributed by atoms with E-state index in [-0.39, 0.29) is 22.4 Å². The Labute approximate surface area is 149 Å². The van der Waals surface area contributed by atoms with E-state index in [9.17, 15) is 14.9 Å². The van der Waals surface area contributed by atoms with Crippen LogP contribution in [0, 0.1) is 16.0 Å². The van der Waals surface area contributed by atoms with Crippen LogP contribution >= 0.6 is 0 Å². The zero-order valence-electron chi connectivity index (χ0n) is 15.1. The number of nitro groups is 1. The Bertz CT molecular complexity index is 626. The van der Waals surface area contributed by atoms with Crippen molar-refractivity contribution in [2.45, 2.75) is 26.7 Å². The molecule has 1 atom stereocenters. The molecule has 1 aliphatic heterocycles. The standard InChI is InChI=1S/C19H27N3O3/c1-3-21(4-2)19(23)17-11-8-14-20(15-17)13-7-10-16-9-5-6-12-18(16)22(24)25/h5-7,9-10,12,17H,3-4,8,11,13-15H2,1-2H3/b10-7+/t17-/m1/s1. The van der Waals surface area contributed by atoms with Crippen molar-refractivity contribution in [3.63, 3.8) is 0 Å². The summed E-state index contributed by atoms with van der Waals surface area (Å²) in [5, 5.41) is 11.0. The number of nitrogens with zero attached hydrogens (tertiary/aromatic N) is 3. The SMILES string of the molecule is CCN(CC)C(=O)[C@@H]1CCCN(C/C=C/c2ccccc2[N+](=O)[O-])C1. The summed E-state index contributed by atoms with van der Waals surface area (Å²) in [4.78, 5) is 27.4. The van der Waals surface area contributed by atoms with Gasteiger partial charge in [-0.25, -0.2) is 0 Å². The van der Waals surface area contributed by atoms with Crippen LogP contribution < -0.4 is 0 Å². The molecular weight excluding hydrogens is 318 g/mol. The fourth-order valence-electron chi connectivity index (χ4n) is 3.34. The topological polar surface area (TPSA) is 66.7 Å². The van der Waals surface area contributed by atoms with E-state index in [2.05, 4.69) is 4.90 Å². The number of carbonyl (C=O) groups excluding carboxylic acids is 1. The highest BCUT2D eigenvalue weighted by Crippen LogP contribution is 2.21. The summed E-state index contributed by atoms with van der Waals surface area (Å²) in [6.07, 6.45) is 5.71. The van der Waals surface area contributed by atoms with Gasteiger partial charge < -0.3 is 4.90 Å². The molecule has 0 radical (unpaired) electrons. The first-order valence-electron chi connectivity index (χ1n) is 8.97. The van der Waals surface area contributed by atoms with Gasteiger partial charge in [0.2, 0.25) is 5.91 Å². The Morgan fingerprint density at radius 3 is 2.76 bits per heavy atom. The van der Waals surface area contributed by atoms with Gasteiger partial charge >= 0.3 is 0 Å². The Morgan fingerprint density at radius 1 is 1.36 bits per heavy atom. The van der Waals surface area contributed by atoms with Gasteiger partial charge in [-0.15, -0.1) is 0 Å². The monoisotopic (exact) mass is 345 g/mol. The molecule has 1 saturated heterocycles. The number of carbonyl (C=O) groups is 1. The third-order valence-corrected chi connectivity index (χ3v) is 4.72. The fraction of sp³-hybridized carbons (Fsp3) is 0.526. The van der Waals surface area contributed by atoms with Gasteiger partial charge in [0.05, 0.1) is 16.4 Å². The summed E-state index contributed by atoms with van der Waals surface area (Å²) in [6.45, 7) is 7.95. The maximum Gasteiger partial charge on any atom is 0.276 e. The number of hydrogen-bond donors (Lipinski definition) is 0. The fourth-order valence-corrected chi connectivity index (χ4v) is 3.34. The zero-order chi connectivity index (χ0) is 18.2. The van der Waals surface area contributed by atoms with Crippen molar-refractivity contribution in [3.8, 4) is 0 Å². The van der Waals surface area contributed by atoms with Crippen LogP contribution in [0.1, 0.15) is 32.3 Å². The molecule has 6 nitrogen and oxygen atoms in total. The lowest BCUT2D eigenvalue weighted by molar-refractivity contribution is -0.385. The predicted octanol–water partition coefficient (Wildman–Crippen LogP) is 3.19. The van der Waals surface area contributed by atoms with E-state index in [0.717, 1.165) is 39.0 Å². The third-order valence-electron chi connectivity index (χ3n) is 4.72. The Hall–Kier alpha value is -2.21. The molecule has 0 bridgehead atoms. The van der Waals surface area contributed by atoms with Crippen LogP contribution in [0.3, 0.4) is 0 Å². The molecule has 1 aromatic rings. The van der Waals surface area contributed by atoms with E-state index in [1.807, 2.05) is 24.8 Å². The minimum Gasteiger partial charge on any atom is -0.343 e. The van der Waals surface area contributed by atoms with E-state index in [4.69, 9.17) is 0 Å². The van der Waals surface area contributed by atoms with Gasteiger partial charge in [0, 0.05) is 32.2 Å². The van der Waals surface area contributed by atoms with Crippen LogP contribution in [0.2, 0.25) is 0 Å². The summed E-state index contributed by atoms with van der Waals surface area (Å²) in [5.41, 5.74) is 0.729. The second-order valence-corrected chi connectivity index (χ2v) is 6.33. The lowest BCUT2D eigenvalue weighted by Crippen LogP contribution is -2.44. The highest BCUT2D eigenvalue weighted by atomic mass is 16.6. The molecule has 1 fully saturated rings. The molecule has 1 aromatic carbocycles. The normalized spacial score (nSPS) is 18.4. The summed E-state index contributed by atoms with van der Waals surface area (Å²) < 4.78 is 0. The van der Waals surface area contributed by atoms with Crippen LogP contribution in [0.4, 0.5) is 5.69 Å². The van der Waals surface area contributed by atoms with Crippen molar-refractivity contribution >= 4 is 17.7 Å². The lowest BCUT2D eigenvalue weighted by Gasteiger charge is -2.33. The Kier molecular flexibility index (Phi) is 7.13. The smallest absolute Gasteiger partial charge is 0.276 e. The zero-order valence-corrected chi connectivity index (χ0v) is 15.1. The number of piperidine rings is 1. The van der Waals surface area contributed by atoms with Crippen LogP contribution in [0.15, 0.2) is 30.3 Å². The van der Waals surface area contributed by atoms with Gasteiger partial charge in [-0.05, 0) is 39.3 Å². The summed E-state index contributed by atoms with van der Waals surface area (Å²) in [6, 6.07) is 6.73. The van der Waals surface area contributed by atoms with E-state index < -0.39 is 0 Å². The number of hydrogen-bond acceptors (Lipinski definition) is 4. The molecule has 1 amide bonds. The molecule has 2 rings (SSSR count). The number of para-hydroxylation sites is 1. The average Bonchev–Trinajstić information content (AvgIpc) is 2.63. The van der Waals surface area contributed by atoms with Crippen molar-refractivity contribution in [1.29, 1.82) is 0 Å². The van der Waals surface area contributed by atoms with E-state index in [1.54, 1.807) is 24.3 Å². The van der Waals surface area contributed by atoms with Crippen LogP contribution in [0.25, 0.3) is 6.08 Å². The maximum atomic E-state index is 12.5. The van der Waals surface area contributed by atoms with Crippen molar-refractivity contribution in [1.82, 2.24) is 9.80 Å². The van der Waals surface area contributed by atoms with E-state index in [0.29, 0.717) is 12.1 Å². The third kappa shape index (κ3) is 5.13. The van der Waals surface area contributed by atoms with Crippen molar-refractivity contribution in [2.75, 3.05) is 32.7 Å². The minimum absolute atomic E-state index is 0.0631. The second-order valence-electron chi connectivity index (χ2n) is 6.33. The highest BCUT2D eigenvalue weighted by Gasteiger charge is 2.27. The van der Waals surface area contributed by atoms with E-state index in [1.165, 1.54) is 6.07 Å². The quantitative estimate of drug-likeness (QED) is 0.562. The number of likely N-dealkylation sites (tertiary alicyclic amines) is 1.